The van der Waals surface area contributed by atoms with Crippen molar-refractivity contribution in [2.75, 3.05) is 19.7 Å². The summed E-state index contributed by atoms with van der Waals surface area (Å²) in [6, 6.07) is 10.2. The van der Waals surface area contributed by atoms with E-state index in [0.29, 0.717) is 26.1 Å². The minimum absolute atomic E-state index is 0.0142. The number of rotatable bonds is 3. The van der Waals surface area contributed by atoms with E-state index in [1.54, 1.807) is 4.90 Å². The van der Waals surface area contributed by atoms with Gasteiger partial charge in [0.05, 0.1) is 25.3 Å². The fraction of sp³-hybridized carbons (Fsp3) is 0.500. The third-order valence-corrected chi connectivity index (χ3v) is 5.86. The van der Waals surface area contributed by atoms with Crippen molar-refractivity contribution in [2.45, 2.75) is 44.3 Å². The van der Waals surface area contributed by atoms with Crippen LogP contribution in [-0.4, -0.2) is 57.5 Å². The number of aromatic nitrogens is 2. The number of aliphatic hydroxyl groups is 1. The molecule has 1 aromatic carbocycles. The molecular formula is C20H25N3O3. The number of aromatic amines is 1. The third kappa shape index (κ3) is 2.93. The van der Waals surface area contributed by atoms with E-state index in [2.05, 4.69) is 22.3 Å². The van der Waals surface area contributed by atoms with Crippen LogP contribution in [0.15, 0.2) is 30.3 Å². The first kappa shape index (κ1) is 17.2. The molecule has 4 rings (SSSR count). The van der Waals surface area contributed by atoms with Crippen molar-refractivity contribution in [1.29, 1.82) is 0 Å². The average Bonchev–Trinajstić information content (AvgIpc) is 3.31. The molecular weight excluding hydrogens is 330 g/mol. The summed E-state index contributed by atoms with van der Waals surface area (Å²) in [4.78, 5) is 14.5. The number of aliphatic hydroxyl groups excluding tert-OH is 1. The molecule has 2 aliphatic heterocycles. The number of nitrogens with zero attached hydrogens (tertiary/aromatic N) is 2. The summed E-state index contributed by atoms with van der Waals surface area (Å²) in [7, 11) is 0. The van der Waals surface area contributed by atoms with Gasteiger partial charge in [-0.3, -0.25) is 9.89 Å². The highest BCUT2D eigenvalue weighted by molar-refractivity contribution is 5.80. The fourth-order valence-corrected chi connectivity index (χ4v) is 4.24. The van der Waals surface area contributed by atoms with Crippen LogP contribution in [0.1, 0.15) is 34.9 Å². The van der Waals surface area contributed by atoms with Crippen LogP contribution >= 0.6 is 0 Å². The van der Waals surface area contributed by atoms with Gasteiger partial charge in [0.15, 0.2) is 0 Å². The zero-order valence-electron chi connectivity index (χ0n) is 15.2. The molecule has 0 unspecified atom stereocenters. The first-order valence-corrected chi connectivity index (χ1v) is 9.14. The highest BCUT2D eigenvalue weighted by Crippen LogP contribution is 2.42. The van der Waals surface area contributed by atoms with E-state index in [1.807, 2.05) is 32.0 Å². The van der Waals surface area contributed by atoms with Crippen LogP contribution in [0.3, 0.4) is 0 Å². The molecule has 26 heavy (non-hydrogen) atoms. The predicted octanol–water partition coefficient (Wildman–Crippen LogP) is 1.72. The number of H-pyrrole nitrogens is 1. The summed E-state index contributed by atoms with van der Waals surface area (Å²) in [5, 5.41) is 17.7. The molecule has 2 N–H and O–H groups in total. The molecule has 2 fully saturated rings. The maximum Gasteiger partial charge on any atom is 0.227 e. The highest BCUT2D eigenvalue weighted by Gasteiger charge is 2.53. The molecule has 0 aliphatic carbocycles. The number of hydrogen-bond acceptors (Lipinski definition) is 4. The first-order chi connectivity index (χ1) is 12.5. The minimum Gasteiger partial charge on any atom is -0.388 e. The van der Waals surface area contributed by atoms with Crippen molar-refractivity contribution >= 4 is 5.91 Å². The Morgan fingerprint density at radius 3 is 2.85 bits per heavy atom. The molecule has 0 saturated carbocycles. The SMILES string of the molecule is Cc1n[nH]c(C)c1CC(=O)N1C[C@@H](O)[C@@]2(C[C@H](c3ccccc3)CO2)C1. The van der Waals surface area contributed by atoms with Gasteiger partial charge in [0.1, 0.15) is 11.7 Å². The van der Waals surface area contributed by atoms with Crippen LogP contribution in [0.5, 0.6) is 0 Å². The van der Waals surface area contributed by atoms with Crippen molar-refractivity contribution in [3.05, 3.63) is 52.8 Å². The lowest BCUT2D eigenvalue weighted by molar-refractivity contribution is -0.130. The van der Waals surface area contributed by atoms with Crippen molar-refractivity contribution < 1.29 is 14.6 Å². The van der Waals surface area contributed by atoms with E-state index < -0.39 is 11.7 Å². The standard InChI is InChI=1S/C20H25N3O3/c1-13-17(14(2)22-21-13)8-19(25)23-10-18(24)20(12-23)9-16(11-26-20)15-6-4-3-5-7-15/h3-7,16,18,24H,8-12H2,1-2H3,(H,21,22)/t16-,18+,20+/m0/s1. The molecule has 1 spiro atoms. The van der Waals surface area contributed by atoms with Gasteiger partial charge >= 0.3 is 0 Å². The van der Waals surface area contributed by atoms with E-state index in [-0.39, 0.29) is 11.8 Å². The minimum atomic E-state index is -0.647. The number of ether oxygens (including phenoxy) is 1. The van der Waals surface area contributed by atoms with Crippen molar-refractivity contribution in [2.24, 2.45) is 0 Å². The molecule has 1 amide bonds. The molecule has 2 saturated heterocycles. The summed E-state index contributed by atoms with van der Waals surface area (Å²) >= 11 is 0. The molecule has 0 bridgehead atoms. The van der Waals surface area contributed by atoms with Gasteiger partial charge in [-0.25, -0.2) is 0 Å². The van der Waals surface area contributed by atoms with Crippen LogP contribution in [-0.2, 0) is 16.0 Å². The number of β-amino-alcohol motifs (C(OH)–C–C–N with tert-alkyl or cyclic N) is 1. The van der Waals surface area contributed by atoms with Crippen LogP contribution < -0.4 is 0 Å². The second-order valence-corrected chi connectivity index (χ2v) is 7.57. The van der Waals surface area contributed by atoms with Crippen LogP contribution in [0.2, 0.25) is 0 Å². The lowest BCUT2D eigenvalue weighted by Gasteiger charge is -2.26. The van der Waals surface area contributed by atoms with Crippen molar-refractivity contribution in [3.8, 4) is 0 Å². The maximum absolute atomic E-state index is 12.8. The maximum atomic E-state index is 12.8. The normalized spacial score (nSPS) is 28.2. The van der Waals surface area contributed by atoms with Gasteiger partial charge in [-0.2, -0.15) is 5.10 Å². The summed E-state index contributed by atoms with van der Waals surface area (Å²) in [5.74, 6) is 0.277. The molecule has 3 heterocycles. The van der Waals surface area contributed by atoms with Crippen molar-refractivity contribution in [1.82, 2.24) is 15.1 Å². The Labute approximate surface area is 153 Å². The zero-order chi connectivity index (χ0) is 18.3. The smallest absolute Gasteiger partial charge is 0.227 e. The van der Waals surface area contributed by atoms with Crippen LogP contribution in [0, 0.1) is 13.8 Å². The molecule has 1 aromatic heterocycles. The molecule has 3 atom stereocenters. The van der Waals surface area contributed by atoms with E-state index in [4.69, 9.17) is 4.74 Å². The van der Waals surface area contributed by atoms with Gasteiger partial charge < -0.3 is 14.7 Å². The van der Waals surface area contributed by atoms with Gasteiger partial charge in [0.2, 0.25) is 5.91 Å². The fourth-order valence-electron chi connectivity index (χ4n) is 4.24. The Bertz CT molecular complexity index is 784. The quantitative estimate of drug-likeness (QED) is 0.879. The largest absolute Gasteiger partial charge is 0.388 e. The van der Waals surface area contributed by atoms with Gasteiger partial charge in [-0.15, -0.1) is 0 Å². The Hall–Kier alpha value is -2.18. The topological polar surface area (TPSA) is 78.5 Å². The Balaban J connectivity index is 1.45. The molecule has 2 aromatic rings. The molecule has 6 heteroatoms. The summed E-state index contributed by atoms with van der Waals surface area (Å²) in [6.45, 7) is 5.19. The number of carbonyl (C=O) groups is 1. The molecule has 138 valence electrons. The number of aryl methyl sites for hydroxylation is 2. The van der Waals surface area contributed by atoms with Crippen LogP contribution in [0.4, 0.5) is 0 Å². The van der Waals surface area contributed by atoms with Crippen molar-refractivity contribution in [3.63, 3.8) is 0 Å². The van der Waals surface area contributed by atoms with Crippen LogP contribution in [0.25, 0.3) is 0 Å². The van der Waals surface area contributed by atoms with Gasteiger partial charge in [-0.1, -0.05) is 30.3 Å². The van der Waals surface area contributed by atoms with Gasteiger partial charge in [0.25, 0.3) is 0 Å². The number of benzene rings is 1. The summed E-state index contributed by atoms with van der Waals surface area (Å²) in [5.41, 5.74) is 3.31. The number of likely N-dealkylation sites (tertiary alicyclic amines) is 1. The third-order valence-electron chi connectivity index (χ3n) is 5.86. The monoisotopic (exact) mass is 355 g/mol. The average molecular weight is 355 g/mol. The Morgan fingerprint density at radius 2 is 2.15 bits per heavy atom. The lowest BCUT2D eigenvalue weighted by Crippen LogP contribution is -2.41. The van der Waals surface area contributed by atoms with Gasteiger partial charge in [0, 0.05) is 23.7 Å². The number of hydrogen-bond donors (Lipinski definition) is 2. The number of nitrogens with one attached hydrogen (secondary N) is 1. The summed E-state index contributed by atoms with van der Waals surface area (Å²) < 4.78 is 6.08. The Morgan fingerprint density at radius 1 is 1.38 bits per heavy atom. The van der Waals surface area contributed by atoms with E-state index in [0.717, 1.165) is 23.4 Å². The summed E-state index contributed by atoms with van der Waals surface area (Å²) in [6.07, 6.45) is 0.400. The zero-order valence-corrected chi connectivity index (χ0v) is 15.2. The predicted molar refractivity (Wildman–Crippen MR) is 96.8 cm³/mol. The number of amides is 1. The molecule has 2 aliphatic rings. The van der Waals surface area contributed by atoms with E-state index >= 15 is 0 Å². The Kier molecular flexibility index (Phi) is 4.32. The van der Waals surface area contributed by atoms with E-state index in [9.17, 15) is 9.90 Å². The second-order valence-electron chi connectivity index (χ2n) is 7.57. The number of carbonyl (C=O) groups excluding carboxylic acids is 1. The van der Waals surface area contributed by atoms with Gasteiger partial charge in [-0.05, 0) is 25.8 Å². The lowest BCUT2D eigenvalue weighted by atomic mass is 9.87. The first-order valence-electron chi connectivity index (χ1n) is 9.14. The molecule has 6 nitrogen and oxygen atoms in total. The van der Waals surface area contributed by atoms with E-state index in [1.165, 1.54) is 5.56 Å². The highest BCUT2D eigenvalue weighted by atomic mass is 16.5. The second kappa shape index (κ2) is 6.52. The molecule has 0 radical (unpaired) electrons.